The molecule has 0 saturated heterocycles. The first-order valence-electron chi connectivity index (χ1n) is 6.22. The molecule has 0 aromatic heterocycles. The number of carbonyl (C=O) groups is 1. The zero-order valence-electron chi connectivity index (χ0n) is 10.2. The molecule has 0 spiro atoms. The zero-order valence-corrected chi connectivity index (χ0v) is 11.7. The Bertz CT molecular complexity index is 384. The van der Waals surface area contributed by atoms with Crippen molar-refractivity contribution in [3.8, 4) is 0 Å². The normalized spacial score (nSPS) is 14.7. The Morgan fingerprint density at radius 3 is 2.47 bits per heavy atom. The van der Waals surface area contributed by atoms with Crippen molar-refractivity contribution in [1.29, 1.82) is 0 Å². The first kappa shape index (κ1) is 12.6. The van der Waals surface area contributed by atoms with Crippen LogP contribution in [0.15, 0.2) is 24.3 Å². The highest BCUT2D eigenvalue weighted by atomic mass is 79.9. The van der Waals surface area contributed by atoms with Crippen LogP contribution in [0, 0.1) is 0 Å². The molecule has 3 heteroatoms. The molecule has 1 fully saturated rings. The maximum Gasteiger partial charge on any atom is 0.254 e. The van der Waals surface area contributed by atoms with E-state index in [2.05, 4.69) is 22.9 Å². The summed E-state index contributed by atoms with van der Waals surface area (Å²) in [4.78, 5) is 14.3. The van der Waals surface area contributed by atoms with Crippen molar-refractivity contribution in [2.45, 2.75) is 32.2 Å². The molecule has 0 heterocycles. The van der Waals surface area contributed by atoms with Crippen molar-refractivity contribution in [1.82, 2.24) is 4.90 Å². The van der Waals surface area contributed by atoms with Crippen molar-refractivity contribution < 1.29 is 4.79 Å². The SMILES string of the molecule is CCc1ccc(C(=O)N(CCBr)C2CC2)cc1. The molecule has 1 aromatic rings. The predicted molar refractivity (Wildman–Crippen MR) is 73.7 cm³/mol. The summed E-state index contributed by atoms with van der Waals surface area (Å²) in [6.45, 7) is 2.93. The third kappa shape index (κ3) is 3.09. The van der Waals surface area contributed by atoms with Crippen LogP contribution in [0.2, 0.25) is 0 Å². The van der Waals surface area contributed by atoms with Gasteiger partial charge in [0, 0.05) is 23.5 Å². The summed E-state index contributed by atoms with van der Waals surface area (Å²) in [7, 11) is 0. The monoisotopic (exact) mass is 295 g/mol. The smallest absolute Gasteiger partial charge is 0.254 e. The lowest BCUT2D eigenvalue weighted by Gasteiger charge is -2.21. The van der Waals surface area contributed by atoms with Gasteiger partial charge in [-0.25, -0.2) is 0 Å². The average molecular weight is 296 g/mol. The van der Waals surface area contributed by atoms with E-state index in [1.54, 1.807) is 0 Å². The zero-order chi connectivity index (χ0) is 12.3. The van der Waals surface area contributed by atoms with E-state index < -0.39 is 0 Å². The van der Waals surface area contributed by atoms with Crippen molar-refractivity contribution in [3.63, 3.8) is 0 Å². The minimum Gasteiger partial charge on any atom is -0.335 e. The number of nitrogens with zero attached hydrogens (tertiary/aromatic N) is 1. The fourth-order valence-electron chi connectivity index (χ4n) is 1.98. The van der Waals surface area contributed by atoms with Gasteiger partial charge in [0.15, 0.2) is 0 Å². The van der Waals surface area contributed by atoms with Gasteiger partial charge in [-0.3, -0.25) is 4.79 Å². The number of halogens is 1. The van der Waals surface area contributed by atoms with E-state index in [0.29, 0.717) is 6.04 Å². The van der Waals surface area contributed by atoms with Crippen LogP contribution in [0.3, 0.4) is 0 Å². The minimum atomic E-state index is 0.176. The van der Waals surface area contributed by atoms with Gasteiger partial charge in [0.2, 0.25) is 0 Å². The minimum absolute atomic E-state index is 0.176. The highest BCUT2D eigenvalue weighted by Crippen LogP contribution is 2.28. The van der Waals surface area contributed by atoms with Crippen LogP contribution in [0.25, 0.3) is 0 Å². The molecular formula is C14H18BrNO. The molecule has 92 valence electrons. The Morgan fingerprint density at radius 1 is 1.35 bits per heavy atom. The van der Waals surface area contributed by atoms with Gasteiger partial charge in [0.05, 0.1) is 0 Å². The number of amides is 1. The summed E-state index contributed by atoms with van der Waals surface area (Å²) in [5.41, 5.74) is 2.09. The average Bonchev–Trinajstić information content (AvgIpc) is 3.19. The molecule has 1 saturated carbocycles. The van der Waals surface area contributed by atoms with E-state index in [9.17, 15) is 4.79 Å². The summed E-state index contributed by atoms with van der Waals surface area (Å²) >= 11 is 3.42. The van der Waals surface area contributed by atoms with Crippen molar-refractivity contribution >= 4 is 21.8 Å². The molecule has 2 rings (SSSR count). The number of benzene rings is 1. The Labute approximate surface area is 111 Å². The molecule has 1 aromatic carbocycles. The first-order valence-corrected chi connectivity index (χ1v) is 7.34. The Morgan fingerprint density at radius 2 is 2.00 bits per heavy atom. The van der Waals surface area contributed by atoms with Crippen LogP contribution in [0.5, 0.6) is 0 Å². The van der Waals surface area contributed by atoms with Crippen LogP contribution in [0.4, 0.5) is 0 Å². The first-order chi connectivity index (χ1) is 8.26. The molecule has 0 aliphatic heterocycles. The highest BCUT2D eigenvalue weighted by Gasteiger charge is 2.32. The van der Waals surface area contributed by atoms with E-state index in [-0.39, 0.29) is 5.91 Å². The molecule has 0 N–H and O–H groups in total. The number of alkyl halides is 1. The second-order valence-corrected chi connectivity index (χ2v) is 5.26. The lowest BCUT2D eigenvalue weighted by atomic mass is 10.1. The van der Waals surface area contributed by atoms with Crippen molar-refractivity contribution in [3.05, 3.63) is 35.4 Å². The van der Waals surface area contributed by atoms with Crippen molar-refractivity contribution in [2.75, 3.05) is 11.9 Å². The molecule has 1 aliphatic carbocycles. The lowest BCUT2D eigenvalue weighted by molar-refractivity contribution is 0.0754. The molecule has 2 nitrogen and oxygen atoms in total. The topological polar surface area (TPSA) is 20.3 Å². The summed E-state index contributed by atoms with van der Waals surface area (Å²) in [6.07, 6.45) is 3.33. The lowest BCUT2D eigenvalue weighted by Crippen LogP contribution is -2.34. The Kier molecular flexibility index (Phi) is 4.21. The second kappa shape index (κ2) is 5.67. The van der Waals surface area contributed by atoms with E-state index in [1.807, 2.05) is 29.2 Å². The third-order valence-electron chi connectivity index (χ3n) is 3.18. The van der Waals surface area contributed by atoms with Crippen LogP contribution in [-0.2, 0) is 6.42 Å². The quantitative estimate of drug-likeness (QED) is 0.764. The Balaban J connectivity index is 2.10. The summed E-state index contributed by atoms with van der Waals surface area (Å²) < 4.78 is 0. The fraction of sp³-hybridized carbons (Fsp3) is 0.500. The fourth-order valence-corrected chi connectivity index (χ4v) is 2.36. The largest absolute Gasteiger partial charge is 0.335 e. The summed E-state index contributed by atoms with van der Waals surface area (Å²) in [5, 5.41) is 0.849. The second-order valence-electron chi connectivity index (χ2n) is 4.47. The molecular weight excluding hydrogens is 278 g/mol. The van der Waals surface area contributed by atoms with Gasteiger partial charge in [-0.05, 0) is 37.0 Å². The van der Waals surface area contributed by atoms with Gasteiger partial charge >= 0.3 is 0 Å². The van der Waals surface area contributed by atoms with Gasteiger partial charge in [0.25, 0.3) is 5.91 Å². The maximum absolute atomic E-state index is 12.3. The van der Waals surface area contributed by atoms with Crippen LogP contribution in [-0.4, -0.2) is 28.7 Å². The van der Waals surface area contributed by atoms with E-state index in [1.165, 1.54) is 5.56 Å². The van der Waals surface area contributed by atoms with Gasteiger partial charge in [-0.1, -0.05) is 35.0 Å². The summed E-state index contributed by atoms with van der Waals surface area (Å²) in [6, 6.07) is 8.47. The van der Waals surface area contributed by atoms with Gasteiger partial charge < -0.3 is 4.90 Å². The number of carbonyl (C=O) groups excluding carboxylic acids is 1. The molecule has 17 heavy (non-hydrogen) atoms. The van der Waals surface area contributed by atoms with E-state index >= 15 is 0 Å². The molecule has 1 amide bonds. The molecule has 0 bridgehead atoms. The maximum atomic E-state index is 12.3. The van der Waals surface area contributed by atoms with Crippen LogP contribution in [0.1, 0.15) is 35.7 Å². The van der Waals surface area contributed by atoms with Crippen LogP contribution < -0.4 is 0 Å². The molecule has 0 unspecified atom stereocenters. The van der Waals surface area contributed by atoms with Gasteiger partial charge in [0.1, 0.15) is 0 Å². The number of hydrogen-bond donors (Lipinski definition) is 0. The van der Waals surface area contributed by atoms with E-state index in [0.717, 1.165) is 36.7 Å². The summed E-state index contributed by atoms with van der Waals surface area (Å²) in [5.74, 6) is 0.176. The van der Waals surface area contributed by atoms with Crippen LogP contribution >= 0.6 is 15.9 Å². The predicted octanol–water partition coefficient (Wildman–Crippen LogP) is 3.25. The van der Waals surface area contributed by atoms with Gasteiger partial charge in [-0.15, -0.1) is 0 Å². The third-order valence-corrected chi connectivity index (χ3v) is 3.54. The molecule has 1 aliphatic rings. The molecule has 0 radical (unpaired) electrons. The van der Waals surface area contributed by atoms with E-state index in [4.69, 9.17) is 0 Å². The Hall–Kier alpha value is -0.830. The number of aryl methyl sites for hydroxylation is 1. The highest BCUT2D eigenvalue weighted by molar-refractivity contribution is 9.09. The number of rotatable bonds is 5. The van der Waals surface area contributed by atoms with Gasteiger partial charge in [-0.2, -0.15) is 0 Å². The standard InChI is InChI=1S/C14H18BrNO/c1-2-11-3-5-12(6-4-11)14(17)16(10-9-15)13-7-8-13/h3-6,13H,2,7-10H2,1H3. The number of hydrogen-bond acceptors (Lipinski definition) is 1. The molecule has 0 atom stereocenters. The van der Waals surface area contributed by atoms with Crippen molar-refractivity contribution in [2.24, 2.45) is 0 Å².